The lowest BCUT2D eigenvalue weighted by atomic mass is 10.0. The summed E-state index contributed by atoms with van der Waals surface area (Å²) in [5.74, 6) is -2.72. The molecule has 1 aromatic heterocycles. The number of benzene rings is 1. The Hall–Kier alpha value is -4.42. The third-order valence-electron chi connectivity index (χ3n) is 6.38. The number of carbonyl (C=O) groups is 5. The molecule has 0 radical (unpaired) electrons. The molecule has 1 aliphatic heterocycles. The molecule has 40 heavy (non-hydrogen) atoms. The smallest absolute Gasteiger partial charge is 0.409 e. The average Bonchev–Trinajstić information content (AvgIpc) is 2.97. The maximum atomic E-state index is 13.1. The molecule has 2 heterocycles. The van der Waals surface area contributed by atoms with Crippen LogP contribution in [-0.4, -0.2) is 117 Å². The Morgan fingerprint density at radius 1 is 1.05 bits per heavy atom. The van der Waals surface area contributed by atoms with Crippen LogP contribution in [0.15, 0.2) is 30.3 Å². The number of esters is 1. The summed E-state index contributed by atoms with van der Waals surface area (Å²) in [6.45, 7) is 2.83. The first-order chi connectivity index (χ1) is 19.2. The van der Waals surface area contributed by atoms with Gasteiger partial charge in [0.2, 0.25) is 5.91 Å². The topological polar surface area (TPSA) is 148 Å². The fourth-order valence-corrected chi connectivity index (χ4v) is 4.10. The number of para-hydroxylation sites is 1. The molecule has 0 aliphatic carbocycles. The van der Waals surface area contributed by atoms with Gasteiger partial charge in [-0.2, -0.15) is 0 Å². The molecule has 1 unspecified atom stereocenters. The Balaban J connectivity index is 1.64. The van der Waals surface area contributed by atoms with Gasteiger partial charge in [-0.25, -0.2) is 9.78 Å². The van der Waals surface area contributed by atoms with E-state index in [9.17, 15) is 24.0 Å². The summed E-state index contributed by atoms with van der Waals surface area (Å²) < 4.78 is 15.5. The van der Waals surface area contributed by atoms with Crippen molar-refractivity contribution in [1.29, 1.82) is 0 Å². The minimum atomic E-state index is -1.13. The maximum absolute atomic E-state index is 13.1. The van der Waals surface area contributed by atoms with Crippen LogP contribution in [-0.2, 0) is 23.9 Å². The van der Waals surface area contributed by atoms with Crippen molar-refractivity contribution in [3.8, 4) is 5.75 Å². The van der Waals surface area contributed by atoms with Crippen LogP contribution < -0.4 is 10.1 Å². The first kappa shape index (κ1) is 30.1. The number of hydrogen-bond acceptors (Lipinski definition) is 9. The molecule has 216 valence electrons. The van der Waals surface area contributed by atoms with Gasteiger partial charge >= 0.3 is 12.1 Å². The summed E-state index contributed by atoms with van der Waals surface area (Å²) in [6.07, 6.45) is -0.439. The molecule has 0 spiro atoms. The standard InChI is InChI=1S/C27H35N5O8/c1-5-39-27(37)32-14-12-31(13-15-32)25(35)19(26(36)38-4)10-11-28-24(34)21-16-22(40-17-23(33)30(2)3)18-8-6-7-9-20(18)29-21/h6-9,16,19H,5,10-15,17H2,1-4H3,(H,28,34). The molecule has 1 aromatic carbocycles. The van der Waals surface area contributed by atoms with Crippen molar-refractivity contribution in [2.24, 2.45) is 5.92 Å². The van der Waals surface area contributed by atoms with Gasteiger partial charge in [-0.3, -0.25) is 19.2 Å². The zero-order valence-corrected chi connectivity index (χ0v) is 23.2. The van der Waals surface area contributed by atoms with Crippen molar-refractivity contribution in [3.63, 3.8) is 0 Å². The van der Waals surface area contributed by atoms with E-state index < -0.39 is 29.8 Å². The number of amides is 4. The minimum absolute atomic E-state index is 0.00303. The zero-order chi connectivity index (χ0) is 29.2. The van der Waals surface area contributed by atoms with E-state index in [4.69, 9.17) is 14.2 Å². The number of rotatable bonds is 10. The Morgan fingerprint density at radius 3 is 2.38 bits per heavy atom. The maximum Gasteiger partial charge on any atom is 0.409 e. The molecular weight excluding hydrogens is 522 g/mol. The quantitative estimate of drug-likeness (QED) is 0.332. The summed E-state index contributed by atoms with van der Waals surface area (Å²) in [4.78, 5) is 71.3. The first-order valence-corrected chi connectivity index (χ1v) is 13.0. The van der Waals surface area contributed by atoms with Gasteiger partial charge < -0.3 is 34.2 Å². The number of methoxy groups -OCH3 is 1. The van der Waals surface area contributed by atoms with E-state index in [-0.39, 0.29) is 64.0 Å². The van der Waals surface area contributed by atoms with Crippen molar-refractivity contribution >= 4 is 40.7 Å². The van der Waals surface area contributed by atoms with E-state index in [2.05, 4.69) is 10.3 Å². The molecule has 13 nitrogen and oxygen atoms in total. The average molecular weight is 558 g/mol. The molecule has 4 amide bonds. The second-order valence-corrected chi connectivity index (χ2v) is 9.23. The lowest BCUT2D eigenvalue weighted by molar-refractivity contribution is -0.154. The van der Waals surface area contributed by atoms with E-state index in [1.807, 2.05) is 0 Å². The summed E-state index contributed by atoms with van der Waals surface area (Å²) in [7, 11) is 4.43. The number of carbonyl (C=O) groups excluding carboxylic acids is 5. The van der Waals surface area contributed by atoms with Crippen LogP contribution in [0.3, 0.4) is 0 Å². The molecule has 0 saturated carbocycles. The first-order valence-electron chi connectivity index (χ1n) is 13.0. The van der Waals surface area contributed by atoms with Crippen molar-refractivity contribution in [1.82, 2.24) is 25.0 Å². The van der Waals surface area contributed by atoms with Crippen LogP contribution in [0.5, 0.6) is 5.75 Å². The Bertz CT molecular complexity index is 1240. The Labute approximate surface area is 232 Å². The molecular formula is C27H35N5O8. The summed E-state index contributed by atoms with van der Waals surface area (Å²) in [5.41, 5.74) is 0.564. The van der Waals surface area contributed by atoms with Gasteiger partial charge in [0.1, 0.15) is 17.4 Å². The summed E-state index contributed by atoms with van der Waals surface area (Å²) >= 11 is 0. The fraction of sp³-hybridized carbons (Fsp3) is 0.481. The van der Waals surface area contributed by atoms with Crippen LogP contribution >= 0.6 is 0 Å². The highest BCUT2D eigenvalue weighted by Gasteiger charge is 2.34. The molecule has 1 aliphatic rings. The van der Waals surface area contributed by atoms with Gasteiger partial charge in [-0.05, 0) is 25.5 Å². The summed E-state index contributed by atoms with van der Waals surface area (Å²) in [6, 6.07) is 8.52. The number of aromatic nitrogens is 1. The van der Waals surface area contributed by atoms with Crippen molar-refractivity contribution < 1.29 is 38.2 Å². The van der Waals surface area contributed by atoms with E-state index in [1.165, 1.54) is 27.9 Å². The van der Waals surface area contributed by atoms with Gasteiger partial charge in [0, 0.05) is 58.3 Å². The number of nitrogens with one attached hydrogen (secondary N) is 1. The number of likely N-dealkylation sites (N-methyl/N-ethyl adjacent to an activating group) is 1. The number of pyridine rings is 1. The molecule has 1 saturated heterocycles. The highest BCUT2D eigenvalue weighted by Crippen LogP contribution is 2.25. The SMILES string of the molecule is CCOC(=O)N1CCN(C(=O)C(CCNC(=O)c2cc(OCC(=O)N(C)C)c3ccccc3n2)C(=O)OC)CC1. The zero-order valence-electron chi connectivity index (χ0n) is 23.2. The molecule has 1 fully saturated rings. The monoisotopic (exact) mass is 557 g/mol. The van der Waals surface area contributed by atoms with E-state index in [0.717, 1.165) is 0 Å². The number of fused-ring (bicyclic) bond motifs is 1. The number of ether oxygens (including phenoxy) is 3. The van der Waals surface area contributed by atoms with Gasteiger partial charge in [0.05, 0.1) is 19.2 Å². The van der Waals surface area contributed by atoms with E-state index in [1.54, 1.807) is 45.3 Å². The molecule has 0 bridgehead atoms. The van der Waals surface area contributed by atoms with E-state index >= 15 is 0 Å². The number of hydrogen-bond donors (Lipinski definition) is 1. The minimum Gasteiger partial charge on any atom is -0.483 e. The number of nitrogens with zero attached hydrogens (tertiary/aromatic N) is 4. The molecule has 2 aromatic rings. The lowest BCUT2D eigenvalue weighted by Gasteiger charge is -2.35. The second-order valence-electron chi connectivity index (χ2n) is 9.23. The predicted octanol–water partition coefficient (Wildman–Crippen LogP) is 0.912. The van der Waals surface area contributed by atoms with Crippen molar-refractivity contribution in [2.45, 2.75) is 13.3 Å². The van der Waals surface area contributed by atoms with Crippen molar-refractivity contribution in [3.05, 3.63) is 36.0 Å². The van der Waals surface area contributed by atoms with E-state index in [0.29, 0.717) is 16.7 Å². The normalized spacial score (nSPS) is 13.8. The molecule has 13 heteroatoms. The highest BCUT2D eigenvalue weighted by molar-refractivity contribution is 5.99. The van der Waals surface area contributed by atoms with Crippen LogP contribution in [0.1, 0.15) is 23.8 Å². The molecule has 1 atom stereocenters. The lowest BCUT2D eigenvalue weighted by Crippen LogP contribution is -2.53. The largest absolute Gasteiger partial charge is 0.483 e. The summed E-state index contributed by atoms with van der Waals surface area (Å²) in [5, 5.41) is 3.34. The van der Waals surface area contributed by atoms with Gasteiger partial charge in [0.25, 0.3) is 11.8 Å². The third-order valence-corrected chi connectivity index (χ3v) is 6.38. The Kier molecular flexibility index (Phi) is 10.6. The van der Waals surface area contributed by atoms with Crippen LogP contribution in [0.2, 0.25) is 0 Å². The fourth-order valence-electron chi connectivity index (χ4n) is 4.10. The van der Waals surface area contributed by atoms with Gasteiger partial charge in [0.15, 0.2) is 6.61 Å². The predicted molar refractivity (Wildman–Crippen MR) is 144 cm³/mol. The van der Waals surface area contributed by atoms with Crippen LogP contribution in [0.4, 0.5) is 4.79 Å². The van der Waals surface area contributed by atoms with Gasteiger partial charge in [-0.1, -0.05) is 12.1 Å². The third kappa shape index (κ3) is 7.58. The molecule has 1 N–H and O–H groups in total. The van der Waals surface area contributed by atoms with Crippen LogP contribution in [0, 0.1) is 5.92 Å². The molecule has 3 rings (SSSR count). The van der Waals surface area contributed by atoms with Crippen molar-refractivity contribution in [2.75, 3.05) is 67.1 Å². The number of piperazine rings is 1. The second kappa shape index (κ2) is 14.1. The Morgan fingerprint density at radius 2 is 1.73 bits per heavy atom. The highest BCUT2D eigenvalue weighted by atomic mass is 16.6. The van der Waals surface area contributed by atoms with Gasteiger partial charge in [-0.15, -0.1) is 0 Å². The van der Waals surface area contributed by atoms with Crippen LogP contribution in [0.25, 0.3) is 10.9 Å².